The molecule has 0 heterocycles. The predicted octanol–water partition coefficient (Wildman–Crippen LogP) is 4.70. The smallest absolute Gasteiger partial charge is 0.00794 e. The minimum atomic E-state index is 0.263. The lowest BCUT2D eigenvalue weighted by Crippen LogP contribution is -2.22. The van der Waals surface area contributed by atoms with Gasteiger partial charge in [0.15, 0.2) is 0 Å². The highest BCUT2D eigenvalue weighted by molar-refractivity contribution is 5.25. The molecule has 2 aromatic carbocycles. The summed E-state index contributed by atoms with van der Waals surface area (Å²) in [6.45, 7) is 4.45. The number of hydrogen-bond donors (Lipinski definition) is 1. The van der Waals surface area contributed by atoms with Gasteiger partial charge in [0.2, 0.25) is 0 Å². The lowest BCUT2D eigenvalue weighted by molar-refractivity contribution is 0.580. The van der Waals surface area contributed by atoms with Crippen molar-refractivity contribution in [2.45, 2.75) is 51.5 Å². The Kier molecular flexibility index (Phi) is 6.01. The van der Waals surface area contributed by atoms with Gasteiger partial charge in [0.1, 0.15) is 0 Å². The van der Waals surface area contributed by atoms with Crippen molar-refractivity contribution in [3.05, 3.63) is 71.3 Å². The van der Waals surface area contributed by atoms with Crippen LogP contribution < -0.4 is 5.73 Å². The van der Waals surface area contributed by atoms with E-state index in [1.165, 1.54) is 16.7 Å². The van der Waals surface area contributed by atoms with E-state index in [0.717, 1.165) is 25.7 Å². The van der Waals surface area contributed by atoms with Crippen LogP contribution in [0.5, 0.6) is 0 Å². The van der Waals surface area contributed by atoms with Crippen LogP contribution in [-0.2, 0) is 12.8 Å². The highest BCUT2D eigenvalue weighted by Crippen LogP contribution is 2.16. The summed E-state index contributed by atoms with van der Waals surface area (Å²) < 4.78 is 0. The van der Waals surface area contributed by atoms with E-state index in [4.69, 9.17) is 5.73 Å². The second kappa shape index (κ2) is 7.99. The van der Waals surface area contributed by atoms with Crippen molar-refractivity contribution >= 4 is 0 Å². The summed E-state index contributed by atoms with van der Waals surface area (Å²) in [7, 11) is 0. The first-order valence-electron chi connectivity index (χ1n) is 8.03. The topological polar surface area (TPSA) is 26.0 Å². The van der Waals surface area contributed by atoms with Crippen molar-refractivity contribution in [3.63, 3.8) is 0 Å². The molecule has 1 unspecified atom stereocenters. The van der Waals surface area contributed by atoms with Gasteiger partial charge in [-0.1, -0.05) is 68.4 Å². The predicted molar refractivity (Wildman–Crippen MR) is 91.6 cm³/mol. The third kappa shape index (κ3) is 5.35. The molecule has 0 saturated carbocycles. The molecule has 0 aliphatic rings. The van der Waals surface area contributed by atoms with Gasteiger partial charge >= 0.3 is 0 Å². The normalized spacial score (nSPS) is 12.6. The Morgan fingerprint density at radius 1 is 0.857 bits per heavy atom. The zero-order valence-corrected chi connectivity index (χ0v) is 13.3. The van der Waals surface area contributed by atoms with Crippen molar-refractivity contribution in [2.75, 3.05) is 0 Å². The van der Waals surface area contributed by atoms with Crippen LogP contribution >= 0.6 is 0 Å². The van der Waals surface area contributed by atoms with Crippen LogP contribution in [0, 0.1) is 0 Å². The van der Waals surface area contributed by atoms with Crippen LogP contribution in [0.2, 0.25) is 0 Å². The Bertz CT molecular complexity index is 513. The Labute approximate surface area is 129 Å². The molecule has 2 N–H and O–H groups in total. The molecule has 0 aliphatic heterocycles. The zero-order chi connectivity index (χ0) is 15.1. The maximum absolute atomic E-state index is 6.27. The van der Waals surface area contributed by atoms with Crippen LogP contribution in [-0.4, -0.2) is 6.04 Å². The van der Waals surface area contributed by atoms with E-state index in [0.29, 0.717) is 5.92 Å². The summed E-state index contributed by atoms with van der Waals surface area (Å²) in [6.07, 6.45) is 4.35. The quantitative estimate of drug-likeness (QED) is 0.782. The molecule has 0 saturated heterocycles. The largest absolute Gasteiger partial charge is 0.327 e. The van der Waals surface area contributed by atoms with Gasteiger partial charge in [-0.05, 0) is 48.3 Å². The summed E-state index contributed by atoms with van der Waals surface area (Å²) in [5.41, 5.74) is 10.4. The second-order valence-electron chi connectivity index (χ2n) is 6.24. The maximum atomic E-state index is 6.27. The van der Waals surface area contributed by atoms with Crippen LogP contribution in [0.1, 0.15) is 49.3 Å². The lowest BCUT2D eigenvalue weighted by atomic mass is 9.97. The fraction of sp³-hybridized carbons (Fsp3) is 0.400. The van der Waals surface area contributed by atoms with Gasteiger partial charge in [0, 0.05) is 6.04 Å². The third-order valence-electron chi connectivity index (χ3n) is 4.03. The minimum Gasteiger partial charge on any atom is -0.327 e. The first-order chi connectivity index (χ1) is 10.1. The first-order valence-corrected chi connectivity index (χ1v) is 8.03. The molecule has 1 nitrogen and oxygen atoms in total. The van der Waals surface area contributed by atoms with E-state index in [1.54, 1.807) is 0 Å². The SMILES string of the molecule is CC(C)c1ccc(CC(N)CCCc2ccccc2)cc1. The molecule has 0 bridgehead atoms. The molecule has 0 spiro atoms. The van der Waals surface area contributed by atoms with Crippen molar-refractivity contribution in [2.24, 2.45) is 5.73 Å². The number of benzene rings is 2. The number of hydrogen-bond acceptors (Lipinski definition) is 1. The van der Waals surface area contributed by atoms with Crippen LogP contribution in [0.3, 0.4) is 0 Å². The molecular weight excluding hydrogens is 254 g/mol. The summed E-state index contributed by atoms with van der Waals surface area (Å²) in [5.74, 6) is 0.596. The van der Waals surface area contributed by atoms with Crippen molar-refractivity contribution in [1.82, 2.24) is 0 Å². The Balaban J connectivity index is 1.75. The van der Waals surface area contributed by atoms with Gasteiger partial charge in [-0.3, -0.25) is 0 Å². The maximum Gasteiger partial charge on any atom is 0.00794 e. The van der Waals surface area contributed by atoms with Crippen molar-refractivity contribution < 1.29 is 0 Å². The molecule has 0 radical (unpaired) electrons. The Morgan fingerprint density at radius 3 is 2.14 bits per heavy atom. The van der Waals surface area contributed by atoms with E-state index in [1.807, 2.05) is 0 Å². The molecule has 0 amide bonds. The van der Waals surface area contributed by atoms with Crippen LogP contribution in [0.4, 0.5) is 0 Å². The summed E-state index contributed by atoms with van der Waals surface area (Å²) >= 11 is 0. The summed E-state index contributed by atoms with van der Waals surface area (Å²) in [4.78, 5) is 0. The summed E-state index contributed by atoms with van der Waals surface area (Å²) in [5, 5.41) is 0. The van der Waals surface area contributed by atoms with E-state index in [2.05, 4.69) is 68.4 Å². The molecule has 0 aromatic heterocycles. The van der Waals surface area contributed by atoms with E-state index >= 15 is 0 Å². The van der Waals surface area contributed by atoms with Gasteiger partial charge in [-0.2, -0.15) is 0 Å². The van der Waals surface area contributed by atoms with E-state index in [9.17, 15) is 0 Å². The second-order valence-corrected chi connectivity index (χ2v) is 6.24. The Hall–Kier alpha value is -1.60. The van der Waals surface area contributed by atoms with Gasteiger partial charge in [-0.15, -0.1) is 0 Å². The van der Waals surface area contributed by atoms with E-state index in [-0.39, 0.29) is 6.04 Å². The molecule has 2 rings (SSSR count). The van der Waals surface area contributed by atoms with Crippen LogP contribution in [0.25, 0.3) is 0 Å². The molecule has 21 heavy (non-hydrogen) atoms. The van der Waals surface area contributed by atoms with Gasteiger partial charge in [-0.25, -0.2) is 0 Å². The molecule has 112 valence electrons. The standard InChI is InChI=1S/C20H27N/c1-16(2)19-13-11-18(12-14-19)15-20(21)10-6-9-17-7-4-3-5-8-17/h3-5,7-8,11-14,16,20H,6,9-10,15,21H2,1-2H3. The van der Waals surface area contributed by atoms with Crippen molar-refractivity contribution in [1.29, 1.82) is 0 Å². The monoisotopic (exact) mass is 281 g/mol. The first kappa shape index (κ1) is 15.8. The fourth-order valence-electron chi connectivity index (χ4n) is 2.66. The third-order valence-corrected chi connectivity index (χ3v) is 4.03. The van der Waals surface area contributed by atoms with Gasteiger partial charge in [0.05, 0.1) is 0 Å². The number of aryl methyl sites for hydroxylation is 1. The molecule has 0 fully saturated rings. The van der Waals surface area contributed by atoms with Crippen molar-refractivity contribution in [3.8, 4) is 0 Å². The average molecular weight is 281 g/mol. The Morgan fingerprint density at radius 2 is 1.52 bits per heavy atom. The zero-order valence-electron chi connectivity index (χ0n) is 13.3. The van der Waals surface area contributed by atoms with Crippen LogP contribution in [0.15, 0.2) is 54.6 Å². The molecule has 2 aromatic rings. The molecule has 1 atom stereocenters. The summed E-state index contributed by atoms with van der Waals surface area (Å²) in [6, 6.07) is 19.8. The lowest BCUT2D eigenvalue weighted by Gasteiger charge is -2.13. The number of rotatable bonds is 7. The molecule has 1 heteroatoms. The minimum absolute atomic E-state index is 0.263. The molecular formula is C20H27N. The number of nitrogens with two attached hydrogens (primary N) is 1. The molecule has 0 aliphatic carbocycles. The fourth-order valence-corrected chi connectivity index (χ4v) is 2.66. The van der Waals surface area contributed by atoms with E-state index < -0.39 is 0 Å². The highest BCUT2D eigenvalue weighted by atomic mass is 14.6. The van der Waals surface area contributed by atoms with Gasteiger partial charge < -0.3 is 5.73 Å². The average Bonchev–Trinajstić information content (AvgIpc) is 2.49. The highest BCUT2D eigenvalue weighted by Gasteiger charge is 2.05. The van der Waals surface area contributed by atoms with Gasteiger partial charge in [0.25, 0.3) is 0 Å².